The molecule has 0 spiro atoms. The summed E-state index contributed by atoms with van der Waals surface area (Å²) in [4.78, 5) is 9.37. The van der Waals surface area contributed by atoms with Crippen LogP contribution in [0.1, 0.15) is 12.8 Å². The molecule has 1 aliphatic heterocycles. The number of methoxy groups -OCH3 is 1. The smallest absolute Gasteiger partial charge is 0.394 e. The van der Waals surface area contributed by atoms with Gasteiger partial charge in [-0.3, -0.25) is 9.05 Å². The summed E-state index contributed by atoms with van der Waals surface area (Å²) >= 11 is 0. The minimum Gasteiger partial charge on any atom is -0.394 e. The van der Waals surface area contributed by atoms with Crippen molar-refractivity contribution in [1.82, 2.24) is 0 Å². The van der Waals surface area contributed by atoms with E-state index in [0.717, 1.165) is 13.5 Å². The average molecular weight is 299 g/mol. The van der Waals surface area contributed by atoms with Crippen molar-refractivity contribution in [2.45, 2.75) is 37.3 Å². The van der Waals surface area contributed by atoms with Crippen LogP contribution in [0.2, 0.25) is 0 Å². The van der Waals surface area contributed by atoms with Crippen LogP contribution < -0.4 is 5.73 Å². The Labute approximate surface area is 112 Å². The van der Waals surface area contributed by atoms with Crippen LogP contribution in [0.5, 0.6) is 0 Å². The van der Waals surface area contributed by atoms with Gasteiger partial charge in [-0.2, -0.15) is 0 Å². The first-order valence-corrected chi connectivity index (χ1v) is 7.54. The molecule has 0 aliphatic carbocycles. The Morgan fingerprint density at radius 1 is 1.32 bits per heavy atom. The zero-order valence-electron chi connectivity index (χ0n) is 11.1. The van der Waals surface area contributed by atoms with E-state index in [1.165, 1.54) is 7.11 Å². The topological polar surface area (TPSA) is 120 Å². The van der Waals surface area contributed by atoms with Crippen molar-refractivity contribution < 1.29 is 33.1 Å². The van der Waals surface area contributed by atoms with Gasteiger partial charge in [0, 0.05) is 14.2 Å². The highest BCUT2D eigenvalue weighted by molar-refractivity contribution is 7.47. The van der Waals surface area contributed by atoms with Crippen LogP contribution in [0.3, 0.4) is 0 Å². The van der Waals surface area contributed by atoms with Gasteiger partial charge in [0.2, 0.25) is 0 Å². The summed E-state index contributed by atoms with van der Waals surface area (Å²) in [5.74, 6) is 0. The van der Waals surface area contributed by atoms with Crippen LogP contribution in [0.4, 0.5) is 0 Å². The number of nitrogens with two attached hydrogens (primary N) is 1. The third-order valence-electron chi connectivity index (χ3n) is 3.04. The summed E-state index contributed by atoms with van der Waals surface area (Å²) in [5, 5.41) is 9.27. The van der Waals surface area contributed by atoms with E-state index in [1.54, 1.807) is 0 Å². The summed E-state index contributed by atoms with van der Waals surface area (Å²) in [6, 6.07) is 0. The number of ether oxygens (including phenoxy) is 2. The summed E-state index contributed by atoms with van der Waals surface area (Å²) in [5.41, 5.74) is 5.44. The number of hydrogen-bond donors (Lipinski definition) is 3. The molecule has 9 heteroatoms. The maximum atomic E-state index is 11.5. The normalized spacial score (nSPS) is 34.4. The monoisotopic (exact) mass is 299 g/mol. The van der Waals surface area contributed by atoms with Gasteiger partial charge in [0.05, 0.1) is 12.7 Å². The van der Waals surface area contributed by atoms with Gasteiger partial charge < -0.3 is 25.2 Å². The van der Waals surface area contributed by atoms with E-state index in [9.17, 15) is 14.6 Å². The Balaban J connectivity index is 2.77. The van der Waals surface area contributed by atoms with Crippen molar-refractivity contribution in [2.75, 3.05) is 27.4 Å². The molecule has 1 saturated heterocycles. The highest BCUT2D eigenvalue weighted by atomic mass is 31.2. The molecule has 1 rings (SSSR count). The maximum Gasteiger partial charge on any atom is 0.472 e. The zero-order valence-corrected chi connectivity index (χ0v) is 12.0. The lowest BCUT2D eigenvalue weighted by Crippen LogP contribution is -2.37. The number of hydrogen-bond acceptors (Lipinski definition) is 7. The summed E-state index contributed by atoms with van der Waals surface area (Å²) in [6.07, 6.45) is -1.16. The van der Waals surface area contributed by atoms with E-state index in [0.29, 0.717) is 13.0 Å². The van der Waals surface area contributed by atoms with Gasteiger partial charge in [-0.05, 0) is 19.4 Å². The second-order valence-electron chi connectivity index (χ2n) is 4.25. The molecule has 0 aromatic heterocycles. The molecule has 1 fully saturated rings. The molecule has 8 nitrogen and oxygen atoms in total. The molecule has 0 amide bonds. The second kappa shape index (κ2) is 7.66. The molecule has 4 N–H and O–H groups in total. The average Bonchev–Trinajstić information content (AvgIpc) is 2.72. The molecule has 19 heavy (non-hydrogen) atoms. The first kappa shape index (κ1) is 17.0. The third-order valence-corrected chi connectivity index (χ3v) is 4.01. The van der Waals surface area contributed by atoms with Crippen LogP contribution >= 0.6 is 7.82 Å². The molecular weight excluding hydrogens is 277 g/mol. The van der Waals surface area contributed by atoms with Crippen molar-refractivity contribution in [3.05, 3.63) is 0 Å². The standard InChI is InChI=1S/C10H22NO7P/c1-15-9-7(4-3-5-11)17-8(6-12)10(9)18-19(13,14)16-2/h7-10,12H,3-6,11H2,1-2H3,(H,13,14)/t7-,8+,9-,10+/m0/s1. The third kappa shape index (κ3) is 4.47. The summed E-state index contributed by atoms with van der Waals surface area (Å²) in [6.45, 7) is 0.162. The van der Waals surface area contributed by atoms with Crippen molar-refractivity contribution in [2.24, 2.45) is 5.73 Å². The Kier molecular flexibility index (Phi) is 6.85. The molecule has 1 unspecified atom stereocenters. The molecule has 0 saturated carbocycles. The molecule has 0 aromatic rings. The predicted octanol–water partition coefficient (Wildman–Crippen LogP) is -0.368. The predicted molar refractivity (Wildman–Crippen MR) is 66.5 cm³/mol. The van der Waals surface area contributed by atoms with Gasteiger partial charge in [-0.1, -0.05) is 0 Å². The van der Waals surface area contributed by atoms with Crippen molar-refractivity contribution in [1.29, 1.82) is 0 Å². The SMILES string of the molecule is CO[C@@H]1[C@H](OP(=O)(O)OC)[C@@H](CO)O[C@H]1CCCN. The van der Waals surface area contributed by atoms with Crippen molar-refractivity contribution >= 4 is 7.82 Å². The lowest BCUT2D eigenvalue weighted by atomic mass is 10.0. The number of aliphatic hydroxyl groups is 1. The van der Waals surface area contributed by atoms with E-state index in [1.807, 2.05) is 0 Å². The maximum absolute atomic E-state index is 11.5. The molecule has 5 atom stereocenters. The van der Waals surface area contributed by atoms with Crippen molar-refractivity contribution in [3.8, 4) is 0 Å². The van der Waals surface area contributed by atoms with E-state index in [-0.39, 0.29) is 12.7 Å². The largest absolute Gasteiger partial charge is 0.472 e. The van der Waals surface area contributed by atoms with E-state index < -0.39 is 26.1 Å². The van der Waals surface area contributed by atoms with Gasteiger partial charge in [0.25, 0.3) is 0 Å². The fourth-order valence-corrected chi connectivity index (χ4v) is 2.76. The fraction of sp³-hybridized carbons (Fsp3) is 1.00. The van der Waals surface area contributed by atoms with E-state index >= 15 is 0 Å². The molecule has 1 heterocycles. The number of phosphoric acid groups is 1. The Morgan fingerprint density at radius 2 is 2.00 bits per heavy atom. The van der Waals surface area contributed by atoms with Gasteiger partial charge >= 0.3 is 7.82 Å². The van der Waals surface area contributed by atoms with Crippen LogP contribution in [-0.4, -0.2) is 61.8 Å². The molecule has 0 radical (unpaired) electrons. The number of phosphoric ester groups is 1. The van der Waals surface area contributed by atoms with E-state index in [4.69, 9.17) is 19.7 Å². The highest BCUT2D eigenvalue weighted by Crippen LogP contribution is 2.47. The van der Waals surface area contributed by atoms with Crippen LogP contribution in [0, 0.1) is 0 Å². The molecule has 0 aromatic carbocycles. The Hall–Kier alpha value is -0.0500. The van der Waals surface area contributed by atoms with Gasteiger partial charge in [0.1, 0.15) is 18.3 Å². The summed E-state index contributed by atoms with van der Waals surface area (Å²) in [7, 11) is -1.65. The van der Waals surface area contributed by atoms with Crippen LogP contribution in [-0.2, 0) is 23.1 Å². The summed E-state index contributed by atoms with van der Waals surface area (Å²) < 4.78 is 31.7. The molecular formula is C10H22NO7P. The quantitative estimate of drug-likeness (QED) is 0.519. The number of rotatable bonds is 8. The Morgan fingerprint density at radius 3 is 2.47 bits per heavy atom. The minimum absolute atomic E-state index is 0.340. The number of aliphatic hydroxyl groups excluding tert-OH is 1. The van der Waals surface area contributed by atoms with Crippen LogP contribution in [0.15, 0.2) is 0 Å². The first-order valence-electron chi connectivity index (χ1n) is 6.05. The lowest BCUT2D eigenvalue weighted by molar-refractivity contribution is -0.0255. The highest BCUT2D eigenvalue weighted by Gasteiger charge is 2.48. The van der Waals surface area contributed by atoms with Gasteiger partial charge in [0.15, 0.2) is 0 Å². The molecule has 0 bridgehead atoms. The zero-order chi connectivity index (χ0) is 14.5. The minimum atomic E-state index is -4.17. The lowest BCUT2D eigenvalue weighted by Gasteiger charge is -2.23. The first-order chi connectivity index (χ1) is 8.99. The fourth-order valence-electron chi connectivity index (χ4n) is 2.11. The van der Waals surface area contributed by atoms with Gasteiger partial charge in [-0.15, -0.1) is 0 Å². The van der Waals surface area contributed by atoms with Crippen molar-refractivity contribution in [3.63, 3.8) is 0 Å². The second-order valence-corrected chi connectivity index (χ2v) is 5.76. The molecule has 1 aliphatic rings. The van der Waals surface area contributed by atoms with Crippen LogP contribution in [0.25, 0.3) is 0 Å². The van der Waals surface area contributed by atoms with Gasteiger partial charge in [-0.25, -0.2) is 4.57 Å². The molecule has 114 valence electrons. The Bertz CT molecular complexity index is 316. The van der Waals surface area contributed by atoms with E-state index in [2.05, 4.69) is 4.52 Å².